The zero-order valence-electron chi connectivity index (χ0n) is 22.9. The number of esters is 1. The lowest BCUT2D eigenvalue weighted by atomic mass is 10.0. The SMILES string of the molecule is Cc1ccc(S(=O)(=O)CC/C=C/[C@@H]2CC(=O)NCc3nc(cs3)C3=N[C@@](C)(CS3)C(=O)N3CCC[C@H]3C(=O)O2)cc1. The first-order chi connectivity index (χ1) is 19.5. The highest BCUT2D eigenvalue weighted by atomic mass is 32.2. The van der Waals surface area contributed by atoms with E-state index in [0.29, 0.717) is 40.9 Å². The third-order valence-electron chi connectivity index (χ3n) is 7.23. The number of rotatable bonds is 5. The van der Waals surface area contributed by atoms with Gasteiger partial charge in [-0.25, -0.2) is 18.2 Å². The summed E-state index contributed by atoms with van der Waals surface area (Å²) < 4.78 is 31.2. The number of cyclic esters (lactones) is 1. The fourth-order valence-corrected chi connectivity index (χ4v) is 8.08. The number of nitrogens with zero attached hydrogens (tertiary/aromatic N) is 3. The van der Waals surface area contributed by atoms with Gasteiger partial charge in [0.05, 0.1) is 23.6 Å². The van der Waals surface area contributed by atoms with Crippen LogP contribution in [0.3, 0.4) is 0 Å². The van der Waals surface area contributed by atoms with E-state index in [4.69, 9.17) is 9.73 Å². The quantitative estimate of drug-likeness (QED) is 0.400. The van der Waals surface area contributed by atoms with Gasteiger partial charge in [0.2, 0.25) is 5.91 Å². The van der Waals surface area contributed by atoms with E-state index in [9.17, 15) is 22.8 Å². The van der Waals surface area contributed by atoms with Gasteiger partial charge in [-0.05, 0) is 51.3 Å². The Labute approximate surface area is 247 Å². The topological polar surface area (TPSA) is 135 Å². The highest BCUT2D eigenvalue weighted by Crippen LogP contribution is 2.35. The molecule has 4 bridgehead atoms. The third-order valence-corrected chi connectivity index (χ3v) is 11.1. The molecule has 13 heteroatoms. The van der Waals surface area contributed by atoms with Crippen molar-refractivity contribution in [2.75, 3.05) is 18.1 Å². The van der Waals surface area contributed by atoms with Crippen LogP contribution in [0.5, 0.6) is 0 Å². The van der Waals surface area contributed by atoms with E-state index in [1.165, 1.54) is 23.1 Å². The highest BCUT2D eigenvalue weighted by molar-refractivity contribution is 8.14. The summed E-state index contributed by atoms with van der Waals surface area (Å²) in [5, 5.41) is 6.05. The van der Waals surface area contributed by atoms with Crippen LogP contribution in [0.4, 0.5) is 0 Å². The minimum absolute atomic E-state index is 0.129. The van der Waals surface area contributed by atoms with Crippen LogP contribution in [0.25, 0.3) is 0 Å². The molecule has 0 radical (unpaired) electrons. The summed E-state index contributed by atoms with van der Waals surface area (Å²) in [4.78, 5) is 50.9. The predicted molar refractivity (Wildman–Crippen MR) is 158 cm³/mol. The Balaban J connectivity index is 1.34. The van der Waals surface area contributed by atoms with Gasteiger partial charge in [-0.1, -0.05) is 23.8 Å². The zero-order chi connectivity index (χ0) is 29.2. The average Bonchev–Trinajstić information content (AvgIpc) is 3.69. The number of ether oxygens (including phenoxy) is 1. The Kier molecular flexibility index (Phi) is 8.67. The molecule has 218 valence electrons. The van der Waals surface area contributed by atoms with Gasteiger partial charge in [0.1, 0.15) is 33.4 Å². The van der Waals surface area contributed by atoms with Gasteiger partial charge in [0.25, 0.3) is 5.91 Å². The number of aromatic nitrogens is 1. The average molecular weight is 617 g/mol. The number of allylic oxidation sites excluding steroid dienone is 1. The summed E-state index contributed by atoms with van der Waals surface area (Å²) >= 11 is 2.85. The minimum atomic E-state index is -3.50. The molecular formula is C28H32N4O6S3. The summed E-state index contributed by atoms with van der Waals surface area (Å²) in [6.45, 7) is 4.29. The second kappa shape index (κ2) is 12.1. The predicted octanol–water partition coefficient (Wildman–Crippen LogP) is 3.05. The van der Waals surface area contributed by atoms with Crippen molar-refractivity contribution in [1.82, 2.24) is 15.2 Å². The van der Waals surface area contributed by atoms with Crippen LogP contribution in [-0.4, -0.2) is 76.9 Å². The molecule has 1 aromatic heterocycles. The third kappa shape index (κ3) is 6.73. The molecule has 3 atom stereocenters. The molecule has 0 saturated carbocycles. The molecule has 0 unspecified atom stereocenters. The van der Waals surface area contributed by atoms with E-state index in [-0.39, 0.29) is 41.8 Å². The number of carbonyl (C=O) groups excluding carboxylic acids is 3. The van der Waals surface area contributed by atoms with E-state index in [1.807, 2.05) is 12.3 Å². The Hall–Kier alpha value is -3.03. The maximum absolute atomic E-state index is 13.6. The maximum atomic E-state index is 13.6. The summed E-state index contributed by atoms with van der Waals surface area (Å²) in [5.41, 5.74) is 0.627. The number of thioether (sulfide) groups is 1. The number of nitrogens with one attached hydrogen (secondary N) is 1. The zero-order valence-corrected chi connectivity index (χ0v) is 25.3. The molecule has 5 rings (SSSR count). The summed E-state index contributed by atoms with van der Waals surface area (Å²) in [5.74, 6) is -0.842. The van der Waals surface area contributed by atoms with Crippen molar-refractivity contribution in [3.05, 3.63) is 58.1 Å². The lowest BCUT2D eigenvalue weighted by molar-refractivity contribution is -0.157. The van der Waals surface area contributed by atoms with E-state index < -0.39 is 33.5 Å². The molecule has 3 aliphatic heterocycles. The van der Waals surface area contributed by atoms with Crippen molar-refractivity contribution in [1.29, 1.82) is 0 Å². The number of aryl methyl sites for hydroxylation is 1. The normalized spacial score (nSPS) is 25.7. The summed E-state index contributed by atoms with van der Waals surface area (Å²) in [7, 11) is -3.50. The van der Waals surface area contributed by atoms with Crippen molar-refractivity contribution in [2.24, 2.45) is 4.99 Å². The van der Waals surface area contributed by atoms with Crippen LogP contribution in [0, 0.1) is 6.92 Å². The number of sulfone groups is 1. The van der Waals surface area contributed by atoms with Crippen molar-refractivity contribution in [3.8, 4) is 0 Å². The molecular weight excluding hydrogens is 585 g/mol. The first-order valence-corrected chi connectivity index (χ1v) is 17.0. The molecule has 1 N–H and O–H groups in total. The Morgan fingerprint density at radius 2 is 2.00 bits per heavy atom. The number of amides is 2. The Morgan fingerprint density at radius 1 is 1.22 bits per heavy atom. The molecule has 10 nitrogen and oxygen atoms in total. The van der Waals surface area contributed by atoms with Crippen LogP contribution in [0.1, 0.15) is 48.9 Å². The number of benzene rings is 1. The van der Waals surface area contributed by atoms with Gasteiger partial charge in [-0.2, -0.15) is 0 Å². The standard InChI is InChI=1S/C28H32N4O6S3/c1-18-8-10-20(11-9-18)41(36,37)13-4-3-6-19-14-23(33)29-15-24-30-21(16-39-24)25-31-28(2,17-40-25)27(35)32-12-5-7-22(32)26(34)38-19/h3,6,8-11,16,19,22H,4-5,7,12-15,17H2,1-2H3,(H,29,33)/b6-3+/t19-,22+,28+/m1/s1. The first-order valence-electron chi connectivity index (χ1n) is 13.5. The van der Waals surface area contributed by atoms with Crippen molar-refractivity contribution < 1.29 is 27.5 Å². The number of hydrogen-bond acceptors (Lipinski definition) is 10. The Bertz CT molecular complexity index is 1500. The Morgan fingerprint density at radius 3 is 2.78 bits per heavy atom. The van der Waals surface area contributed by atoms with E-state index in [1.54, 1.807) is 48.2 Å². The largest absolute Gasteiger partial charge is 0.456 e. The summed E-state index contributed by atoms with van der Waals surface area (Å²) in [6, 6.07) is 5.89. The maximum Gasteiger partial charge on any atom is 0.329 e. The van der Waals surface area contributed by atoms with Gasteiger partial charge in [-0.15, -0.1) is 23.1 Å². The van der Waals surface area contributed by atoms with Gasteiger partial charge >= 0.3 is 5.97 Å². The fourth-order valence-electron chi connectivity index (χ4n) is 4.93. The van der Waals surface area contributed by atoms with Crippen LogP contribution >= 0.6 is 23.1 Å². The smallest absolute Gasteiger partial charge is 0.329 e. The van der Waals surface area contributed by atoms with Crippen LogP contribution in [-0.2, 0) is 35.5 Å². The number of hydrogen-bond donors (Lipinski definition) is 1. The molecule has 0 spiro atoms. The second-order valence-corrected chi connectivity index (χ2v) is 14.6. The molecule has 0 aliphatic carbocycles. The number of aliphatic imine (C=N–C) groups is 1. The summed E-state index contributed by atoms with van der Waals surface area (Å²) in [6.07, 6.45) is 3.39. The molecule has 1 fully saturated rings. The van der Waals surface area contributed by atoms with Crippen molar-refractivity contribution >= 4 is 55.8 Å². The number of thiazole rings is 1. The molecule has 41 heavy (non-hydrogen) atoms. The molecule has 2 amide bonds. The van der Waals surface area contributed by atoms with E-state index >= 15 is 0 Å². The lowest BCUT2D eigenvalue weighted by Crippen LogP contribution is -2.51. The molecule has 3 aliphatic rings. The van der Waals surface area contributed by atoms with E-state index in [2.05, 4.69) is 10.3 Å². The highest BCUT2D eigenvalue weighted by Gasteiger charge is 2.46. The van der Waals surface area contributed by atoms with Crippen LogP contribution in [0.15, 0.2) is 51.7 Å². The molecule has 4 heterocycles. The number of carbonyl (C=O) groups is 3. The second-order valence-electron chi connectivity index (χ2n) is 10.6. The van der Waals surface area contributed by atoms with Gasteiger partial charge < -0.3 is 15.0 Å². The number of fused-ring (bicyclic) bond motifs is 5. The fraction of sp³-hybridized carbons (Fsp3) is 0.464. The molecule has 1 aromatic carbocycles. The van der Waals surface area contributed by atoms with Crippen LogP contribution < -0.4 is 5.32 Å². The minimum Gasteiger partial charge on any atom is -0.456 e. The van der Waals surface area contributed by atoms with E-state index in [0.717, 1.165) is 5.56 Å². The molecule has 1 saturated heterocycles. The van der Waals surface area contributed by atoms with Crippen molar-refractivity contribution in [3.63, 3.8) is 0 Å². The van der Waals surface area contributed by atoms with Gasteiger partial charge in [-0.3, -0.25) is 14.6 Å². The van der Waals surface area contributed by atoms with Gasteiger partial charge in [0.15, 0.2) is 9.84 Å². The molecule has 2 aromatic rings. The monoisotopic (exact) mass is 616 g/mol. The van der Waals surface area contributed by atoms with Gasteiger partial charge in [0, 0.05) is 17.7 Å². The van der Waals surface area contributed by atoms with Crippen LogP contribution in [0.2, 0.25) is 0 Å². The lowest BCUT2D eigenvalue weighted by Gasteiger charge is -2.30. The van der Waals surface area contributed by atoms with Crippen molar-refractivity contribution in [2.45, 2.75) is 68.7 Å². The first kappa shape index (κ1) is 29.5.